The summed E-state index contributed by atoms with van der Waals surface area (Å²) < 4.78 is 0. The number of pyridine rings is 1. The second-order valence-corrected chi connectivity index (χ2v) is 3.72. The van der Waals surface area contributed by atoms with Gasteiger partial charge in [-0.1, -0.05) is 13.0 Å². The first-order valence-electron chi connectivity index (χ1n) is 5.34. The maximum atomic E-state index is 5.98. The number of hydrogen-bond acceptors (Lipinski definition) is 4. The van der Waals surface area contributed by atoms with Crippen LogP contribution in [0.2, 0.25) is 0 Å². The van der Waals surface area contributed by atoms with Crippen LogP contribution in [0.5, 0.6) is 0 Å². The van der Waals surface area contributed by atoms with Crippen molar-refractivity contribution in [2.75, 3.05) is 0 Å². The number of nitrogens with two attached hydrogens (primary N) is 1. The average Bonchev–Trinajstić information content (AvgIpc) is 2.83. The van der Waals surface area contributed by atoms with Gasteiger partial charge in [-0.25, -0.2) is 0 Å². The second kappa shape index (κ2) is 4.85. The van der Waals surface area contributed by atoms with E-state index in [0.717, 1.165) is 17.8 Å². The molecule has 0 aromatic carbocycles. The molecule has 3 N–H and O–H groups in total. The molecule has 5 heteroatoms. The lowest BCUT2D eigenvalue weighted by Gasteiger charge is -2.07. The first-order valence-corrected chi connectivity index (χ1v) is 5.34. The number of aromatic amines is 1. The molecule has 1 atom stereocenters. The highest BCUT2D eigenvalue weighted by Crippen LogP contribution is 2.11. The molecule has 5 nitrogen and oxygen atoms in total. The normalized spacial score (nSPS) is 12.6. The standard InChI is InChI=1S/C11H15N5/c1-2-8-3-4-9(13-6-8)5-10(12)11-7-14-16-15-11/h3-4,6-7,10H,2,5,12H2,1H3,(H,14,15,16). The highest BCUT2D eigenvalue weighted by molar-refractivity contribution is 5.16. The summed E-state index contributed by atoms with van der Waals surface area (Å²) in [6.07, 6.45) is 5.22. The van der Waals surface area contributed by atoms with Gasteiger partial charge in [0.2, 0.25) is 0 Å². The molecular weight excluding hydrogens is 202 g/mol. The molecule has 84 valence electrons. The van der Waals surface area contributed by atoms with E-state index in [0.29, 0.717) is 6.42 Å². The predicted molar refractivity (Wildman–Crippen MR) is 60.6 cm³/mol. The Kier molecular flexibility index (Phi) is 3.26. The molecule has 0 aliphatic rings. The van der Waals surface area contributed by atoms with Crippen LogP contribution in [-0.2, 0) is 12.8 Å². The minimum Gasteiger partial charge on any atom is -0.322 e. The van der Waals surface area contributed by atoms with Crippen LogP contribution in [0.3, 0.4) is 0 Å². The molecule has 2 aromatic rings. The van der Waals surface area contributed by atoms with Gasteiger partial charge in [-0.15, -0.1) is 0 Å². The summed E-state index contributed by atoms with van der Waals surface area (Å²) >= 11 is 0. The van der Waals surface area contributed by atoms with Gasteiger partial charge in [0.05, 0.1) is 17.9 Å². The molecule has 0 saturated heterocycles. The number of aryl methyl sites for hydroxylation is 1. The smallest absolute Gasteiger partial charge is 0.0995 e. The summed E-state index contributed by atoms with van der Waals surface area (Å²) in [5, 5.41) is 10.2. The van der Waals surface area contributed by atoms with Crippen LogP contribution in [0.1, 0.15) is 29.9 Å². The third-order valence-corrected chi connectivity index (χ3v) is 2.54. The highest BCUT2D eigenvalue weighted by atomic mass is 15.3. The molecule has 0 amide bonds. The molecule has 0 radical (unpaired) electrons. The van der Waals surface area contributed by atoms with Crippen LogP contribution in [0.25, 0.3) is 0 Å². The van der Waals surface area contributed by atoms with Gasteiger partial charge < -0.3 is 5.73 Å². The van der Waals surface area contributed by atoms with Gasteiger partial charge in [0.25, 0.3) is 0 Å². The van der Waals surface area contributed by atoms with E-state index in [2.05, 4.69) is 33.4 Å². The van der Waals surface area contributed by atoms with Crippen molar-refractivity contribution in [1.82, 2.24) is 20.4 Å². The van der Waals surface area contributed by atoms with Crippen LogP contribution in [0.15, 0.2) is 24.5 Å². The van der Waals surface area contributed by atoms with E-state index < -0.39 is 0 Å². The number of nitrogens with zero attached hydrogens (tertiary/aromatic N) is 3. The van der Waals surface area contributed by atoms with Gasteiger partial charge in [-0.05, 0) is 18.1 Å². The highest BCUT2D eigenvalue weighted by Gasteiger charge is 2.10. The Morgan fingerprint density at radius 2 is 2.25 bits per heavy atom. The number of hydrogen-bond donors (Lipinski definition) is 2. The SMILES string of the molecule is CCc1ccc(CC(N)c2cn[nH]n2)nc1. The van der Waals surface area contributed by atoms with E-state index >= 15 is 0 Å². The largest absolute Gasteiger partial charge is 0.322 e. The molecule has 1 unspecified atom stereocenters. The fraction of sp³-hybridized carbons (Fsp3) is 0.364. The lowest BCUT2D eigenvalue weighted by atomic mass is 10.1. The Hall–Kier alpha value is -1.75. The number of rotatable bonds is 4. The topological polar surface area (TPSA) is 80.5 Å². The van der Waals surface area contributed by atoms with E-state index in [1.54, 1.807) is 6.20 Å². The molecule has 0 saturated carbocycles. The Balaban J connectivity index is 2.03. The molecule has 16 heavy (non-hydrogen) atoms. The van der Waals surface area contributed by atoms with E-state index in [-0.39, 0.29) is 6.04 Å². The van der Waals surface area contributed by atoms with Crippen molar-refractivity contribution in [2.24, 2.45) is 5.73 Å². The van der Waals surface area contributed by atoms with Crippen molar-refractivity contribution in [3.63, 3.8) is 0 Å². The quantitative estimate of drug-likeness (QED) is 0.800. The van der Waals surface area contributed by atoms with E-state index in [1.807, 2.05) is 12.3 Å². The van der Waals surface area contributed by atoms with Gasteiger partial charge in [0, 0.05) is 18.3 Å². The van der Waals surface area contributed by atoms with Crippen LogP contribution in [0.4, 0.5) is 0 Å². The van der Waals surface area contributed by atoms with E-state index in [1.165, 1.54) is 5.56 Å². The van der Waals surface area contributed by atoms with Crippen LogP contribution < -0.4 is 5.73 Å². The predicted octanol–water partition coefficient (Wildman–Crippen LogP) is 1.00. The van der Waals surface area contributed by atoms with E-state index in [9.17, 15) is 0 Å². The second-order valence-electron chi connectivity index (χ2n) is 3.72. The van der Waals surface area contributed by atoms with Crippen molar-refractivity contribution >= 4 is 0 Å². The van der Waals surface area contributed by atoms with Crippen LogP contribution in [0, 0.1) is 0 Å². The fourth-order valence-corrected chi connectivity index (χ4v) is 1.50. The fourth-order valence-electron chi connectivity index (χ4n) is 1.50. The summed E-state index contributed by atoms with van der Waals surface area (Å²) in [7, 11) is 0. The van der Waals surface area contributed by atoms with Gasteiger partial charge >= 0.3 is 0 Å². The van der Waals surface area contributed by atoms with Gasteiger partial charge in [-0.2, -0.15) is 15.4 Å². The van der Waals surface area contributed by atoms with Crippen molar-refractivity contribution in [2.45, 2.75) is 25.8 Å². The Labute approximate surface area is 94.1 Å². The van der Waals surface area contributed by atoms with Crippen molar-refractivity contribution in [1.29, 1.82) is 0 Å². The minimum atomic E-state index is -0.154. The number of aromatic nitrogens is 4. The van der Waals surface area contributed by atoms with Crippen molar-refractivity contribution in [3.8, 4) is 0 Å². The molecule has 0 bridgehead atoms. The molecule has 2 heterocycles. The molecule has 0 spiro atoms. The van der Waals surface area contributed by atoms with Crippen molar-refractivity contribution in [3.05, 3.63) is 41.5 Å². The monoisotopic (exact) mass is 217 g/mol. The third-order valence-electron chi connectivity index (χ3n) is 2.54. The molecule has 2 aromatic heterocycles. The summed E-state index contributed by atoms with van der Waals surface area (Å²) in [5.74, 6) is 0. The summed E-state index contributed by atoms with van der Waals surface area (Å²) in [4.78, 5) is 4.36. The summed E-state index contributed by atoms with van der Waals surface area (Å²) in [6.45, 7) is 2.11. The lowest BCUT2D eigenvalue weighted by molar-refractivity contribution is 0.678. The molecule has 0 fully saturated rings. The van der Waals surface area contributed by atoms with Crippen LogP contribution in [-0.4, -0.2) is 20.4 Å². The number of nitrogens with one attached hydrogen (secondary N) is 1. The molecule has 2 rings (SSSR count). The summed E-state index contributed by atoms with van der Waals surface area (Å²) in [6, 6.07) is 3.94. The van der Waals surface area contributed by atoms with Crippen molar-refractivity contribution < 1.29 is 0 Å². The first kappa shape index (κ1) is 10.8. The molecular formula is C11H15N5. The Morgan fingerprint density at radius 1 is 1.38 bits per heavy atom. The average molecular weight is 217 g/mol. The number of H-pyrrole nitrogens is 1. The van der Waals surface area contributed by atoms with Gasteiger partial charge in [0.1, 0.15) is 0 Å². The van der Waals surface area contributed by atoms with Gasteiger partial charge in [-0.3, -0.25) is 4.98 Å². The first-order chi connectivity index (χ1) is 7.79. The summed E-state index contributed by atoms with van der Waals surface area (Å²) in [5.41, 5.74) is 8.96. The molecule has 0 aliphatic carbocycles. The maximum Gasteiger partial charge on any atom is 0.0995 e. The Morgan fingerprint density at radius 3 is 2.81 bits per heavy atom. The van der Waals surface area contributed by atoms with Gasteiger partial charge in [0.15, 0.2) is 0 Å². The minimum absolute atomic E-state index is 0.154. The lowest BCUT2D eigenvalue weighted by Crippen LogP contribution is -2.14. The zero-order valence-electron chi connectivity index (χ0n) is 9.22. The zero-order chi connectivity index (χ0) is 11.4. The van der Waals surface area contributed by atoms with Crippen LogP contribution >= 0.6 is 0 Å². The maximum absolute atomic E-state index is 5.98. The molecule has 0 aliphatic heterocycles. The third kappa shape index (κ3) is 2.43. The van der Waals surface area contributed by atoms with E-state index in [4.69, 9.17) is 5.73 Å². The Bertz CT molecular complexity index is 420. The zero-order valence-corrected chi connectivity index (χ0v) is 9.22.